The molecular weight excluding hydrogens is 392 g/mol. The molecule has 1 aromatic heterocycles. The summed E-state index contributed by atoms with van der Waals surface area (Å²) < 4.78 is 5.46. The maximum atomic E-state index is 12.1. The van der Waals surface area contributed by atoms with Crippen molar-refractivity contribution < 1.29 is 9.53 Å². The Balaban J connectivity index is 1.90. The number of hydrogen-bond acceptors (Lipinski definition) is 7. The second-order valence-electron chi connectivity index (χ2n) is 7.12. The van der Waals surface area contributed by atoms with Gasteiger partial charge in [-0.15, -0.1) is 0 Å². The van der Waals surface area contributed by atoms with Crippen LogP contribution in [0.2, 0.25) is 0 Å². The normalized spacial score (nSPS) is 15.4. The van der Waals surface area contributed by atoms with Crippen LogP contribution in [0, 0.1) is 0 Å². The molecule has 0 unspecified atom stereocenters. The van der Waals surface area contributed by atoms with Crippen LogP contribution < -0.4 is 11.2 Å². The molecule has 2 heterocycles. The van der Waals surface area contributed by atoms with Gasteiger partial charge in [0, 0.05) is 49.5 Å². The summed E-state index contributed by atoms with van der Waals surface area (Å²) in [6.07, 6.45) is 15.2. The zero-order chi connectivity index (χ0) is 22.2. The first kappa shape index (κ1) is 24.3. The lowest BCUT2D eigenvalue weighted by atomic mass is 10.1. The SMILES string of the molecule is CCCC\N=C/C(=C\C=C\CCc1cc(C(=O)NC/C=N/N)ccn1)N1CCOCC1. The Morgan fingerprint density at radius 3 is 3.00 bits per heavy atom. The van der Waals surface area contributed by atoms with E-state index in [1.807, 2.05) is 12.3 Å². The van der Waals surface area contributed by atoms with E-state index in [1.54, 1.807) is 12.3 Å². The zero-order valence-corrected chi connectivity index (χ0v) is 18.4. The molecule has 0 saturated carbocycles. The van der Waals surface area contributed by atoms with Gasteiger partial charge in [-0.25, -0.2) is 0 Å². The van der Waals surface area contributed by atoms with Crippen LogP contribution >= 0.6 is 0 Å². The van der Waals surface area contributed by atoms with E-state index in [4.69, 9.17) is 10.6 Å². The number of aliphatic imine (C=N–C) groups is 1. The summed E-state index contributed by atoms with van der Waals surface area (Å²) in [5.74, 6) is 4.87. The van der Waals surface area contributed by atoms with Crippen molar-refractivity contribution in [3.63, 3.8) is 0 Å². The number of nitrogens with two attached hydrogens (primary N) is 1. The number of rotatable bonds is 12. The fraction of sp³-hybridized carbons (Fsp3) is 0.478. The number of ether oxygens (including phenoxy) is 1. The second kappa shape index (κ2) is 14.9. The standard InChI is InChI=1S/C23H34N6O2/c1-2-3-10-25-19-22(29-14-16-31-17-15-29)8-6-4-5-7-21-18-20(9-11-26-21)23(30)27-12-13-28-24/h4,6,8-9,11,13,18-19H,2-3,5,7,10,12,14-17,24H2,1H3,(H,27,30)/b6-4+,22-8+,25-19-,28-13+. The minimum atomic E-state index is -0.167. The van der Waals surface area contributed by atoms with Crippen LogP contribution in [0.4, 0.5) is 0 Å². The first-order valence-electron chi connectivity index (χ1n) is 10.9. The Morgan fingerprint density at radius 1 is 1.39 bits per heavy atom. The molecule has 1 aromatic rings. The number of nitrogens with zero attached hydrogens (tertiary/aromatic N) is 4. The number of allylic oxidation sites excluding steroid dienone is 4. The number of pyridine rings is 1. The Bertz CT molecular complexity index is 782. The monoisotopic (exact) mass is 426 g/mol. The molecule has 3 N–H and O–H groups in total. The predicted octanol–water partition coefficient (Wildman–Crippen LogP) is 2.33. The molecule has 1 aliphatic heterocycles. The van der Waals surface area contributed by atoms with E-state index >= 15 is 0 Å². The van der Waals surface area contributed by atoms with Gasteiger partial charge in [0.25, 0.3) is 5.91 Å². The van der Waals surface area contributed by atoms with E-state index in [9.17, 15) is 4.79 Å². The van der Waals surface area contributed by atoms with Crippen molar-refractivity contribution in [1.29, 1.82) is 0 Å². The fourth-order valence-corrected chi connectivity index (χ4v) is 3.00. The minimum absolute atomic E-state index is 0.167. The van der Waals surface area contributed by atoms with Crippen LogP contribution in [0.15, 0.2) is 52.3 Å². The Hall–Kier alpha value is -3.00. The highest BCUT2D eigenvalue weighted by Crippen LogP contribution is 2.08. The molecule has 31 heavy (non-hydrogen) atoms. The Labute approximate surface area is 185 Å². The summed E-state index contributed by atoms with van der Waals surface area (Å²) >= 11 is 0. The van der Waals surface area contributed by atoms with E-state index in [2.05, 4.69) is 50.4 Å². The number of hydrazone groups is 1. The lowest BCUT2D eigenvalue weighted by molar-refractivity contribution is 0.0567. The quantitative estimate of drug-likeness (QED) is 0.175. The number of carbonyl (C=O) groups excluding carboxylic acids is 1. The predicted molar refractivity (Wildman–Crippen MR) is 125 cm³/mol. The summed E-state index contributed by atoms with van der Waals surface area (Å²) in [5, 5.41) is 6.09. The first-order chi connectivity index (χ1) is 15.2. The van der Waals surface area contributed by atoms with Crippen LogP contribution in [-0.2, 0) is 11.2 Å². The van der Waals surface area contributed by atoms with Crippen molar-refractivity contribution in [3.05, 3.63) is 53.5 Å². The van der Waals surface area contributed by atoms with Gasteiger partial charge in [-0.1, -0.05) is 25.5 Å². The van der Waals surface area contributed by atoms with Gasteiger partial charge in [0.1, 0.15) is 0 Å². The van der Waals surface area contributed by atoms with E-state index in [-0.39, 0.29) is 5.91 Å². The second-order valence-corrected chi connectivity index (χ2v) is 7.12. The molecule has 1 fully saturated rings. The third kappa shape index (κ3) is 9.57. The lowest BCUT2D eigenvalue weighted by Gasteiger charge is -2.29. The number of hydrogen-bond donors (Lipinski definition) is 2. The van der Waals surface area contributed by atoms with Crippen molar-refractivity contribution in [2.75, 3.05) is 39.4 Å². The molecule has 0 spiro atoms. The third-order valence-electron chi connectivity index (χ3n) is 4.75. The molecule has 0 radical (unpaired) electrons. The molecule has 1 saturated heterocycles. The van der Waals surface area contributed by atoms with Crippen molar-refractivity contribution in [3.8, 4) is 0 Å². The van der Waals surface area contributed by atoms with Crippen LogP contribution in [-0.4, -0.2) is 67.6 Å². The lowest BCUT2D eigenvalue weighted by Crippen LogP contribution is -2.36. The summed E-state index contributed by atoms with van der Waals surface area (Å²) in [4.78, 5) is 23.3. The number of amides is 1. The minimum Gasteiger partial charge on any atom is -0.378 e. The summed E-state index contributed by atoms with van der Waals surface area (Å²) in [5.41, 5.74) is 2.58. The van der Waals surface area contributed by atoms with Crippen LogP contribution in [0.5, 0.6) is 0 Å². The van der Waals surface area contributed by atoms with E-state index < -0.39 is 0 Å². The number of aromatic nitrogens is 1. The van der Waals surface area contributed by atoms with Gasteiger partial charge in [-0.2, -0.15) is 5.10 Å². The molecule has 8 nitrogen and oxygen atoms in total. The number of unbranched alkanes of at least 4 members (excludes halogenated alkanes) is 1. The first-order valence-corrected chi connectivity index (χ1v) is 10.9. The maximum absolute atomic E-state index is 12.1. The van der Waals surface area contributed by atoms with Crippen molar-refractivity contribution in [2.45, 2.75) is 32.6 Å². The molecule has 0 aliphatic carbocycles. The molecule has 1 aliphatic rings. The maximum Gasteiger partial charge on any atom is 0.251 e. The molecule has 168 valence electrons. The average Bonchev–Trinajstić information content (AvgIpc) is 2.81. The van der Waals surface area contributed by atoms with Crippen LogP contribution in [0.1, 0.15) is 42.2 Å². The van der Waals surface area contributed by atoms with Gasteiger partial charge in [0.15, 0.2) is 0 Å². The Kier molecular flexibility index (Phi) is 11.7. The summed E-state index contributed by atoms with van der Waals surface area (Å²) in [6.45, 7) is 6.60. The van der Waals surface area contributed by atoms with E-state index in [0.717, 1.165) is 69.9 Å². The molecule has 0 aromatic carbocycles. The van der Waals surface area contributed by atoms with Crippen molar-refractivity contribution in [1.82, 2.24) is 15.2 Å². The highest BCUT2D eigenvalue weighted by atomic mass is 16.5. The highest BCUT2D eigenvalue weighted by molar-refractivity contribution is 5.95. The summed E-state index contributed by atoms with van der Waals surface area (Å²) in [6, 6.07) is 3.52. The highest BCUT2D eigenvalue weighted by Gasteiger charge is 2.11. The van der Waals surface area contributed by atoms with Crippen molar-refractivity contribution in [2.24, 2.45) is 15.9 Å². The molecule has 0 atom stereocenters. The fourth-order valence-electron chi connectivity index (χ4n) is 3.00. The summed E-state index contributed by atoms with van der Waals surface area (Å²) in [7, 11) is 0. The van der Waals surface area contributed by atoms with Crippen LogP contribution in [0.3, 0.4) is 0 Å². The van der Waals surface area contributed by atoms with Gasteiger partial charge < -0.3 is 20.8 Å². The van der Waals surface area contributed by atoms with E-state index in [0.29, 0.717) is 12.1 Å². The van der Waals surface area contributed by atoms with Gasteiger partial charge >= 0.3 is 0 Å². The largest absolute Gasteiger partial charge is 0.378 e. The number of nitrogens with one attached hydrogen (secondary N) is 1. The molecular formula is C23H34N6O2. The zero-order valence-electron chi connectivity index (χ0n) is 18.4. The topological polar surface area (TPSA) is 105 Å². The number of aryl methyl sites for hydroxylation is 1. The third-order valence-corrected chi connectivity index (χ3v) is 4.75. The smallest absolute Gasteiger partial charge is 0.251 e. The van der Waals surface area contributed by atoms with Gasteiger partial charge in [0.2, 0.25) is 0 Å². The molecule has 2 rings (SSSR count). The van der Waals surface area contributed by atoms with E-state index in [1.165, 1.54) is 6.21 Å². The molecule has 0 bridgehead atoms. The molecule has 8 heteroatoms. The van der Waals surface area contributed by atoms with Gasteiger partial charge in [-0.3, -0.25) is 14.8 Å². The van der Waals surface area contributed by atoms with Gasteiger partial charge in [0.05, 0.1) is 25.5 Å². The Morgan fingerprint density at radius 2 is 2.23 bits per heavy atom. The molecule has 1 amide bonds. The van der Waals surface area contributed by atoms with Crippen LogP contribution in [0.25, 0.3) is 0 Å². The van der Waals surface area contributed by atoms with Gasteiger partial charge in [-0.05, 0) is 37.5 Å². The van der Waals surface area contributed by atoms with Crippen molar-refractivity contribution >= 4 is 18.3 Å². The number of carbonyl (C=O) groups is 1. The average molecular weight is 427 g/mol. The number of morpholine rings is 1.